The molecule has 0 aliphatic carbocycles. The lowest BCUT2D eigenvalue weighted by Crippen LogP contribution is -2.47. The summed E-state index contributed by atoms with van der Waals surface area (Å²) in [6.45, 7) is 4.76. The van der Waals surface area contributed by atoms with Crippen LogP contribution in [-0.2, 0) is 9.53 Å². The van der Waals surface area contributed by atoms with Crippen molar-refractivity contribution in [3.63, 3.8) is 0 Å². The number of benzene rings is 1. The minimum Gasteiger partial charge on any atom is -0.480 e. The van der Waals surface area contributed by atoms with Gasteiger partial charge in [0.1, 0.15) is 6.04 Å². The number of rotatable bonds is 5. The van der Waals surface area contributed by atoms with E-state index in [0.29, 0.717) is 32.7 Å². The fourth-order valence-corrected chi connectivity index (χ4v) is 2.55. The smallest absolute Gasteiger partial charge is 0.320 e. The number of carbonyl (C=O) groups is 1. The van der Waals surface area contributed by atoms with Crippen molar-refractivity contribution in [3.05, 3.63) is 35.9 Å². The van der Waals surface area contributed by atoms with Crippen molar-refractivity contribution in [2.24, 2.45) is 0 Å². The lowest BCUT2D eigenvalue weighted by atomic mass is 9.93. The Morgan fingerprint density at radius 1 is 1.32 bits per heavy atom. The lowest BCUT2D eigenvalue weighted by molar-refractivity contribution is -0.145. The number of carboxylic acid groups (broad SMARTS) is 1. The van der Waals surface area contributed by atoms with E-state index in [0.717, 1.165) is 0 Å². The summed E-state index contributed by atoms with van der Waals surface area (Å²) in [6.07, 6.45) is 0.638. The molecule has 1 saturated heterocycles. The van der Waals surface area contributed by atoms with Crippen molar-refractivity contribution >= 4 is 5.97 Å². The van der Waals surface area contributed by atoms with E-state index in [1.165, 1.54) is 5.56 Å². The Morgan fingerprint density at radius 2 is 1.95 bits per heavy atom. The van der Waals surface area contributed by atoms with Crippen LogP contribution in [0, 0.1) is 0 Å². The van der Waals surface area contributed by atoms with Crippen LogP contribution < -0.4 is 0 Å². The monoisotopic (exact) mass is 263 g/mol. The second-order valence-corrected chi connectivity index (χ2v) is 5.05. The first-order valence-corrected chi connectivity index (χ1v) is 6.78. The van der Waals surface area contributed by atoms with Crippen LogP contribution in [0.2, 0.25) is 0 Å². The van der Waals surface area contributed by atoms with Crippen LogP contribution in [0.3, 0.4) is 0 Å². The molecule has 2 atom stereocenters. The first kappa shape index (κ1) is 14.0. The molecule has 1 heterocycles. The molecular weight excluding hydrogens is 242 g/mol. The molecule has 1 aromatic rings. The van der Waals surface area contributed by atoms with Crippen LogP contribution in [0.25, 0.3) is 0 Å². The Labute approximate surface area is 114 Å². The number of aliphatic carboxylic acids is 1. The molecule has 0 aromatic heterocycles. The molecule has 1 fully saturated rings. The quantitative estimate of drug-likeness (QED) is 0.882. The Bertz CT molecular complexity index is 401. The Kier molecular flexibility index (Phi) is 4.93. The Balaban J connectivity index is 2.02. The van der Waals surface area contributed by atoms with Gasteiger partial charge in [-0.15, -0.1) is 0 Å². The molecule has 0 amide bonds. The van der Waals surface area contributed by atoms with Gasteiger partial charge in [-0.2, -0.15) is 0 Å². The maximum atomic E-state index is 11.5. The standard InChI is InChI=1S/C15H21NO3/c1-12(13-5-3-2-4-6-13)11-14(15(17)18)16-7-9-19-10-8-16/h2-6,12,14H,7-11H2,1H3,(H,17,18). The highest BCUT2D eigenvalue weighted by Crippen LogP contribution is 2.23. The topological polar surface area (TPSA) is 49.8 Å². The summed E-state index contributed by atoms with van der Waals surface area (Å²) >= 11 is 0. The predicted octanol–water partition coefficient (Wildman–Crippen LogP) is 1.97. The number of hydrogen-bond acceptors (Lipinski definition) is 3. The van der Waals surface area contributed by atoms with Crippen molar-refractivity contribution in [2.45, 2.75) is 25.3 Å². The molecule has 1 aliphatic heterocycles. The van der Waals surface area contributed by atoms with Crippen LogP contribution in [0.4, 0.5) is 0 Å². The molecule has 0 radical (unpaired) electrons. The number of carboxylic acids is 1. The third kappa shape index (κ3) is 3.78. The number of morpholine rings is 1. The van der Waals surface area contributed by atoms with E-state index in [2.05, 4.69) is 19.1 Å². The van der Waals surface area contributed by atoms with E-state index in [4.69, 9.17) is 4.74 Å². The fraction of sp³-hybridized carbons (Fsp3) is 0.533. The fourth-order valence-electron chi connectivity index (χ4n) is 2.55. The lowest BCUT2D eigenvalue weighted by Gasteiger charge is -2.33. The van der Waals surface area contributed by atoms with Crippen LogP contribution in [0.15, 0.2) is 30.3 Å². The molecule has 4 nitrogen and oxygen atoms in total. The summed E-state index contributed by atoms with van der Waals surface area (Å²) in [6, 6.07) is 9.67. The third-order valence-electron chi connectivity index (χ3n) is 3.72. The molecular formula is C15H21NO3. The summed E-state index contributed by atoms with van der Waals surface area (Å²) in [7, 11) is 0. The van der Waals surface area contributed by atoms with E-state index in [1.807, 2.05) is 23.1 Å². The highest BCUT2D eigenvalue weighted by Gasteiger charge is 2.28. The van der Waals surface area contributed by atoms with Gasteiger partial charge in [-0.25, -0.2) is 0 Å². The van der Waals surface area contributed by atoms with Crippen molar-refractivity contribution in [1.29, 1.82) is 0 Å². The van der Waals surface area contributed by atoms with Gasteiger partial charge in [-0.05, 0) is 17.9 Å². The second kappa shape index (κ2) is 6.68. The molecule has 0 saturated carbocycles. The second-order valence-electron chi connectivity index (χ2n) is 5.05. The van der Waals surface area contributed by atoms with Gasteiger partial charge in [0.2, 0.25) is 0 Å². The minimum absolute atomic E-state index is 0.241. The van der Waals surface area contributed by atoms with Crippen molar-refractivity contribution in [3.8, 4) is 0 Å². The van der Waals surface area contributed by atoms with Crippen molar-refractivity contribution < 1.29 is 14.6 Å². The zero-order chi connectivity index (χ0) is 13.7. The van der Waals surface area contributed by atoms with Crippen LogP contribution in [0.1, 0.15) is 24.8 Å². The van der Waals surface area contributed by atoms with Gasteiger partial charge in [0.05, 0.1) is 13.2 Å². The van der Waals surface area contributed by atoms with Crippen molar-refractivity contribution in [1.82, 2.24) is 4.90 Å². The van der Waals surface area contributed by atoms with Crippen LogP contribution in [0.5, 0.6) is 0 Å². The van der Waals surface area contributed by atoms with Gasteiger partial charge < -0.3 is 9.84 Å². The minimum atomic E-state index is -0.732. The average Bonchev–Trinajstić information content (AvgIpc) is 2.46. The summed E-state index contributed by atoms with van der Waals surface area (Å²) < 4.78 is 5.28. The molecule has 104 valence electrons. The SMILES string of the molecule is CC(CC(C(=O)O)N1CCOCC1)c1ccccc1. The normalized spacial score (nSPS) is 19.8. The molecule has 19 heavy (non-hydrogen) atoms. The molecule has 4 heteroatoms. The van der Waals surface area contributed by atoms with Crippen LogP contribution >= 0.6 is 0 Å². The summed E-state index contributed by atoms with van der Waals surface area (Å²) in [5.41, 5.74) is 1.20. The third-order valence-corrected chi connectivity index (χ3v) is 3.72. The molecule has 0 bridgehead atoms. The maximum absolute atomic E-state index is 11.5. The van der Waals surface area contributed by atoms with Gasteiger partial charge >= 0.3 is 5.97 Å². The zero-order valence-corrected chi connectivity index (χ0v) is 11.3. The van der Waals surface area contributed by atoms with E-state index in [9.17, 15) is 9.90 Å². The Morgan fingerprint density at radius 3 is 2.53 bits per heavy atom. The first-order valence-electron chi connectivity index (χ1n) is 6.78. The maximum Gasteiger partial charge on any atom is 0.320 e. The van der Waals surface area contributed by atoms with E-state index < -0.39 is 12.0 Å². The van der Waals surface area contributed by atoms with E-state index in [1.54, 1.807) is 0 Å². The Hall–Kier alpha value is -1.39. The number of ether oxygens (including phenoxy) is 1. The van der Waals surface area contributed by atoms with E-state index >= 15 is 0 Å². The van der Waals surface area contributed by atoms with Crippen LogP contribution in [-0.4, -0.2) is 48.3 Å². The van der Waals surface area contributed by atoms with Gasteiger partial charge in [0, 0.05) is 13.1 Å². The molecule has 2 unspecified atom stereocenters. The molecule has 2 rings (SSSR count). The van der Waals surface area contributed by atoms with Gasteiger partial charge in [-0.3, -0.25) is 9.69 Å². The molecule has 1 N–H and O–H groups in total. The zero-order valence-electron chi connectivity index (χ0n) is 11.3. The van der Waals surface area contributed by atoms with Gasteiger partial charge in [0.15, 0.2) is 0 Å². The van der Waals surface area contributed by atoms with Gasteiger partial charge in [0.25, 0.3) is 0 Å². The predicted molar refractivity (Wildman–Crippen MR) is 73.3 cm³/mol. The molecule has 0 spiro atoms. The molecule has 1 aliphatic rings. The summed E-state index contributed by atoms with van der Waals surface area (Å²) in [4.78, 5) is 13.5. The highest BCUT2D eigenvalue weighted by molar-refractivity contribution is 5.73. The number of nitrogens with zero attached hydrogens (tertiary/aromatic N) is 1. The average molecular weight is 263 g/mol. The summed E-state index contributed by atoms with van der Waals surface area (Å²) in [5, 5.41) is 9.44. The summed E-state index contributed by atoms with van der Waals surface area (Å²) in [5.74, 6) is -0.491. The molecule has 1 aromatic carbocycles. The van der Waals surface area contributed by atoms with E-state index in [-0.39, 0.29) is 5.92 Å². The largest absolute Gasteiger partial charge is 0.480 e. The van der Waals surface area contributed by atoms with Crippen molar-refractivity contribution in [2.75, 3.05) is 26.3 Å². The first-order chi connectivity index (χ1) is 9.18. The number of hydrogen-bond donors (Lipinski definition) is 1. The highest BCUT2D eigenvalue weighted by atomic mass is 16.5. The van der Waals surface area contributed by atoms with Gasteiger partial charge in [-0.1, -0.05) is 37.3 Å².